The van der Waals surface area contributed by atoms with Crippen molar-refractivity contribution in [3.63, 3.8) is 0 Å². The number of aromatic carboxylic acids is 1. The molecule has 0 saturated carbocycles. The summed E-state index contributed by atoms with van der Waals surface area (Å²) in [5.74, 6) is -1.11. The number of pyridine rings is 1. The number of carboxylic acids is 1. The first-order chi connectivity index (χ1) is 23.3. The Balaban J connectivity index is 0.000000304. The second-order valence-corrected chi connectivity index (χ2v) is 13.4. The summed E-state index contributed by atoms with van der Waals surface area (Å²) in [5.41, 5.74) is 2.79. The molecular weight excluding hydrogens is 743 g/mol. The zero-order chi connectivity index (χ0) is 35.5. The molecule has 0 aliphatic carbocycles. The molecule has 0 saturated heterocycles. The average Bonchev–Trinajstić information content (AvgIpc) is 3.44. The summed E-state index contributed by atoms with van der Waals surface area (Å²) >= 11 is 9.04. The van der Waals surface area contributed by atoms with Gasteiger partial charge in [0.1, 0.15) is 0 Å². The Hall–Kier alpha value is -4.91. The Kier molecular flexibility index (Phi) is 10.6. The number of rotatable bonds is 7. The van der Waals surface area contributed by atoms with Gasteiger partial charge in [-0.1, -0.05) is 82.1 Å². The predicted molar refractivity (Wildman–Crippen MR) is 187 cm³/mol. The standard InChI is InChI=1S/C27H16BrF2N3O2S.C7H6BClO4/c1-31-22-9-3-2-8-21(22)24-25-23(10-5-15-32-25)33(26(24)18-6-4-7-19(28)16-18)36(34,35)20-13-11-17(12-14-20)27(29)30;9-6-3-4(7(10)11)1-2-5(6)8(12)13/h2-16,27H;1-3,12-13H,(H,10,11). The summed E-state index contributed by atoms with van der Waals surface area (Å²) in [6.07, 6.45) is -1.15. The van der Waals surface area contributed by atoms with Crippen molar-refractivity contribution in [1.82, 2.24) is 8.96 Å². The Morgan fingerprint density at radius 3 is 2.29 bits per heavy atom. The van der Waals surface area contributed by atoms with Gasteiger partial charge in [-0.05, 0) is 54.1 Å². The number of hydrogen-bond donors (Lipinski definition) is 3. The number of carbonyl (C=O) groups is 1. The van der Waals surface area contributed by atoms with Crippen molar-refractivity contribution < 1.29 is 37.1 Å². The minimum atomic E-state index is -4.27. The summed E-state index contributed by atoms with van der Waals surface area (Å²) < 4.78 is 56.3. The molecule has 15 heteroatoms. The number of hydrogen-bond acceptors (Lipinski definition) is 6. The molecule has 6 rings (SSSR count). The molecule has 9 nitrogen and oxygen atoms in total. The first-order valence-corrected chi connectivity index (χ1v) is 16.7. The number of fused-ring (bicyclic) bond motifs is 1. The molecular formula is C34H22BBrClF2N3O6S. The van der Waals surface area contributed by atoms with Gasteiger partial charge >= 0.3 is 13.1 Å². The van der Waals surface area contributed by atoms with Gasteiger partial charge in [0.25, 0.3) is 16.4 Å². The zero-order valence-corrected chi connectivity index (χ0v) is 28.0. The number of nitrogens with zero attached hydrogens (tertiary/aromatic N) is 3. The van der Waals surface area contributed by atoms with Gasteiger partial charge in [0.05, 0.1) is 33.8 Å². The summed E-state index contributed by atoms with van der Waals surface area (Å²) in [7, 11) is -5.95. The van der Waals surface area contributed by atoms with Crippen LogP contribution in [0.5, 0.6) is 0 Å². The molecule has 0 atom stereocenters. The molecule has 0 aliphatic rings. The quantitative estimate of drug-likeness (QED) is 0.113. The third-order valence-corrected chi connectivity index (χ3v) is 9.82. The van der Waals surface area contributed by atoms with Crippen LogP contribution < -0.4 is 5.46 Å². The number of alkyl halides is 2. The van der Waals surface area contributed by atoms with Crippen molar-refractivity contribution in [3.05, 3.63) is 141 Å². The van der Waals surface area contributed by atoms with Crippen molar-refractivity contribution in [2.75, 3.05) is 0 Å². The van der Waals surface area contributed by atoms with Gasteiger partial charge < -0.3 is 15.2 Å². The van der Waals surface area contributed by atoms with Gasteiger partial charge in [-0.2, -0.15) is 0 Å². The first kappa shape index (κ1) is 35.4. The Morgan fingerprint density at radius 2 is 1.67 bits per heavy atom. The topological polar surface area (TPSA) is 134 Å². The van der Waals surface area contributed by atoms with Crippen molar-refractivity contribution >= 4 is 72.8 Å². The van der Waals surface area contributed by atoms with Gasteiger partial charge in [-0.15, -0.1) is 0 Å². The molecule has 0 bridgehead atoms. The molecule has 0 amide bonds. The van der Waals surface area contributed by atoms with Crippen LogP contribution in [-0.4, -0.2) is 45.6 Å². The molecule has 2 heterocycles. The van der Waals surface area contributed by atoms with Gasteiger partial charge in [0.15, 0.2) is 5.69 Å². The maximum atomic E-state index is 14.1. The van der Waals surface area contributed by atoms with E-state index in [1.165, 1.54) is 34.3 Å². The fraction of sp³-hybridized carbons (Fsp3) is 0.0294. The van der Waals surface area contributed by atoms with E-state index in [1.54, 1.807) is 60.8 Å². The van der Waals surface area contributed by atoms with Crippen LogP contribution in [-0.2, 0) is 10.0 Å². The highest BCUT2D eigenvalue weighted by Gasteiger charge is 2.30. The fourth-order valence-corrected chi connectivity index (χ4v) is 7.24. The second kappa shape index (κ2) is 14.7. The van der Waals surface area contributed by atoms with Crippen molar-refractivity contribution in [2.24, 2.45) is 0 Å². The maximum absolute atomic E-state index is 14.1. The lowest BCUT2D eigenvalue weighted by Gasteiger charge is -2.15. The van der Waals surface area contributed by atoms with Crippen LogP contribution in [0.15, 0.2) is 119 Å². The third kappa shape index (κ3) is 7.26. The normalized spacial score (nSPS) is 11.1. The van der Waals surface area contributed by atoms with Crippen LogP contribution in [0.25, 0.3) is 38.3 Å². The molecule has 2 aromatic heterocycles. The van der Waals surface area contributed by atoms with Crippen molar-refractivity contribution in [3.8, 4) is 22.4 Å². The van der Waals surface area contributed by atoms with Gasteiger partial charge in [0.2, 0.25) is 0 Å². The lowest BCUT2D eigenvalue weighted by Crippen LogP contribution is -2.30. The molecule has 3 N–H and O–H groups in total. The smallest absolute Gasteiger partial charge is 0.478 e. The van der Waals surface area contributed by atoms with Crippen LogP contribution in [0.4, 0.5) is 14.5 Å². The molecule has 4 aromatic carbocycles. The molecule has 49 heavy (non-hydrogen) atoms. The molecule has 0 unspecified atom stereocenters. The molecule has 6 aromatic rings. The van der Waals surface area contributed by atoms with E-state index in [-0.39, 0.29) is 26.5 Å². The van der Waals surface area contributed by atoms with Gasteiger partial charge in [-0.3, -0.25) is 4.98 Å². The highest BCUT2D eigenvalue weighted by Crippen LogP contribution is 2.45. The van der Waals surface area contributed by atoms with E-state index < -0.39 is 29.5 Å². The number of carboxylic acid groups (broad SMARTS) is 1. The number of halogens is 4. The monoisotopic (exact) mass is 763 g/mol. The summed E-state index contributed by atoms with van der Waals surface area (Å²) in [5, 5.41) is 26.1. The van der Waals surface area contributed by atoms with Crippen LogP contribution in [0, 0.1) is 6.57 Å². The van der Waals surface area contributed by atoms with Crippen molar-refractivity contribution in [2.45, 2.75) is 11.3 Å². The van der Waals surface area contributed by atoms with E-state index in [0.29, 0.717) is 39.1 Å². The lowest BCUT2D eigenvalue weighted by molar-refractivity contribution is 0.0696. The number of aromatic nitrogens is 2. The molecule has 246 valence electrons. The second-order valence-electron chi connectivity index (χ2n) is 10.3. The van der Waals surface area contributed by atoms with Crippen molar-refractivity contribution in [1.29, 1.82) is 0 Å². The van der Waals surface area contributed by atoms with E-state index in [4.69, 9.17) is 33.3 Å². The highest BCUT2D eigenvalue weighted by molar-refractivity contribution is 9.10. The van der Waals surface area contributed by atoms with Gasteiger partial charge in [0, 0.05) is 37.8 Å². The predicted octanol–water partition coefficient (Wildman–Crippen LogP) is 7.58. The largest absolute Gasteiger partial charge is 0.489 e. The first-order valence-electron chi connectivity index (χ1n) is 14.1. The van der Waals surface area contributed by atoms with E-state index in [0.717, 1.165) is 16.6 Å². The Bertz CT molecular complexity index is 2350. The molecule has 0 spiro atoms. The van der Waals surface area contributed by atoms with Crippen LogP contribution in [0.2, 0.25) is 5.02 Å². The Labute approximate surface area is 292 Å². The molecule has 0 fully saturated rings. The number of para-hydroxylation sites is 1. The fourth-order valence-electron chi connectivity index (χ4n) is 5.03. The lowest BCUT2D eigenvalue weighted by atomic mass is 9.80. The van der Waals surface area contributed by atoms with E-state index in [9.17, 15) is 22.0 Å². The van der Waals surface area contributed by atoms with E-state index >= 15 is 0 Å². The highest BCUT2D eigenvalue weighted by atomic mass is 79.9. The van der Waals surface area contributed by atoms with Crippen LogP contribution in [0.3, 0.4) is 0 Å². The third-order valence-electron chi connectivity index (χ3n) is 7.27. The van der Waals surface area contributed by atoms with E-state index in [2.05, 4.69) is 25.8 Å². The summed E-state index contributed by atoms with van der Waals surface area (Å²) in [6.45, 7) is 7.68. The molecule has 0 aliphatic heterocycles. The maximum Gasteiger partial charge on any atom is 0.489 e. The van der Waals surface area contributed by atoms with Gasteiger partial charge in [-0.25, -0.2) is 30.8 Å². The van der Waals surface area contributed by atoms with E-state index in [1.807, 2.05) is 6.07 Å². The average molecular weight is 765 g/mol. The van der Waals surface area contributed by atoms with Crippen LogP contribution >= 0.6 is 27.5 Å². The minimum absolute atomic E-state index is 0.00870. The number of benzene rings is 4. The zero-order valence-electron chi connectivity index (χ0n) is 24.9. The van der Waals surface area contributed by atoms with Crippen LogP contribution in [0.1, 0.15) is 22.3 Å². The summed E-state index contributed by atoms with van der Waals surface area (Å²) in [4.78, 5) is 18.5. The Morgan fingerprint density at radius 1 is 0.959 bits per heavy atom. The summed E-state index contributed by atoms with van der Waals surface area (Å²) in [6, 6.07) is 25.6. The minimum Gasteiger partial charge on any atom is -0.478 e. The SMILES string of the molecule is O=C(O)c1ccc(B(O)O)c(Cl)c1.[C-]#[N+]c1ccccc1-c1c(-c2cccc(Br)c2)n(S(=O)(=O)c2ccc(C(F)F)cc2)c2cccnc12. The molecule has 0 radical (unpaired) electrons.